The number of fused-ring (bicyclic) bond motifs is 7. The van der Waals surface area contributed by atoms with Crippen LogP contribution in [0.15, 0.2) is 89.9 Å². The second-order valence-corrected chi connectivity index (χ2v) is 9.77. The van der Waals surface area contributed by atoms with Gasteiger partial charge >= 0.3 is 0 Å². The Morgan fingerprint density at radius 2 is 1.67 bits per heavy atom. The van der Waals surface area contributed by atoms with E-state index < -0.39 is 29.1 Å². The lowest BCUT2D eigenvalue weighted by molar-refractivity contribution is -0.123. The number of hydrogen-bond acceptors (Lipinski definition) is 3. The molecule has 2 heterocycles. The average molecular weight is 523 g/mol. The van der Waals surface area contributed by atoms with Crippen molar-refractivity contribution in [2.45, 2.75) is 26.4 Å². The molecule has 4 aromatic carbocycles. The lowest BCUT2D eigenvalue weighted by Crippen LogP contribution is -2.38. The first-order valence-electron chi connectivity index (χ1n) is 12.5. The standard InChI is InChI=1S/C32H24F2N2O3/c1-18-6-5-9-27-29(18)22-12-19(2)30(34)23(13-22)16-35-32(38)31(25-15-24(39-27)10-11-26(25)33)36-17-21-8-4-3-7-20(21)14-28(36)37/h3-15,17,31H,16H2,1-2H3,(H,35,38). The first-order chi connectivity index (χ1) is 18.8. The van der Waals surface area contributed by atoms with Gasteiger partial charge in [-0.1, -0.05) is 36.4 Å². The number of carbonyl (C=O) groups is 1. The summed E-state index contributed by atoms with van der Waals surface area (Å²) >= 11 is 0. The van der Waals surface area contributed by atoms with Crippen molar-refractivity contribution in [1.29, 1.82) is 0 Å². The van der Waals surface area contributed by atoms with Crippen LogP contribution >= 0.6 is 0 Å². The highest BCUT2D eigenvalue weighted by Crippen LogP contribution is 2.39. The maximum atomic E-state index is 15.4. The topological polar surface area (TPSA) is 60.3 Å². The Hall–Kier alpha value is -4.78. The largest absolute Gasteiger partial charge is 0.457 e. The maximum Gasteiger partial charge on any atom is 0.252 e. The molecule has 1 unspecified atom stereocenters. The molecular formula is C32H24F2N2O3. The number of nitrogens with one attached hydrogen (secondary N) is 1. The Morgan fingerprint density at radius 3 is 2.49 bits per heavy atom. The van der Waals surface area contributed by atoms with Crippen molar-refractivity contribution < 1.29 is 18.3 Å². The van der Waals surface area contributed by atoms with Gasteiger partial charge in [0.25, 0.3) is 5.56 Å². The third kappa shape index (κ3) is 4.36. The number of halogens is 2. The minimum absolute atomic E-state index is 0.0424. The first kappa shape index (κ1) is 24.6. The van der Waals surface area contributed by atoms with Gasteiger partial charge < -0.3 is 10.1 Å². The van der Waals surface area contributed by atoms with Gasteiger partial charge in [-0.2, -0.15) is 0 Å². The molecule has 5 nitrogen and oxygen atoms in total. The molecular weight excluding hydrogens is 498 g/mol. The van der Waals surface area contributed by atoms with Gasteiger partial charge in [-0.3, -0.25) is 14.2 Å². The number of carbonyl (C=O) groups excluding carboxylic acids is 1. The predicted molar refractivity (Wildman–Crippen MR) is 146 cm³/mol. The monoisotopic (exact) mass is 522 g/mol. The Labute approximate surface area is 223 Å². The third-order valence-electron chi connectivity index (χ3n) is 7.13. The molecule has 0 saturated carbocycles. The van der Waals surface area contributed by atoms with E-state index in [0.717, 1.165) is 16.7 Å². The second kappa shape index (κ2) is 9.51. The zero-order valence-electron chi connectivity index (χ0n) is 21.3. The summed E-state index contributed by atoms with van der Waals surface area (Å²) in [5.74, 6) is -0.981. The molecule has 39 heavy (non-hydrogen) atoms. The smallest absolute Gasteiger partial charge is 0.252 e. The summed E-state index contributed by atoms with van der Waals surface area (Å²) in [6, 6.07) is 20.4. The van der Waals surface area contributed by atoms with Crippen molar-refractivity contribution in [3.63, 3.8) is 0 Å². The number of benzene rings is 4. The SMILES string of the molecule is Cc1cc2cc(c1F)CNC(=O)C(n1cc3ccccc3cc1=O)c1cc(ccc1F)Oc1cccc(C)c1-2. The van der Waals surface area contributed by atoms with Gasteiger partial charge in [0, 0.05) is 35.5 Å². The molecule has 0 fully saturated rings. The molecule has 1 atom stereocenters. The maximum absolute atomic E-state index is 15.4. The summed E-state index contributed by atoms with van der Waals surface area (Å²) in [4.78, 5) is 27.0. The van der Waals surface area contributed by atoms with Gasteiger partial charge in [0.05, 0.1) is 0 Å². The van der Waals surface area contributed by atoms with Gasteiger partial charge in [-0.05, 0) is 77.7 Å². The van der Waals surface area contributed by atoms with Crippen LogP contribution in [0.25, 0.3) is 21.9 Å². The third-order valence-corrected chi connectivity index (χ3v) is 7.13. The van der Waals surface area contributed by atoms with Gasteiger partial charge in [0.1, 0.15) is 29.2 Å². The van der Waals surface area contributed by atoms with Crippen LogP contribution in [0.1, 0.15) is 28.3 Å². The van der Waals surface area contributed by atoms with Crippen LogP contribution in [-0.2, 0) is 11.3 Å². The lowest BCUT2D eigenvalue weighted by Gasteiger charge is -2.22. The van der Waals surface area contributed by atoms with E-state index in [1.807, 2.05) is 37.3 Å². The van der Waals surface area contributed by atoms with Gasteiger partial charge in [0.15, 0.2) is 0 Å². The van der Waals surface area contributed by atoms with Crippen LogP contribution in [0.3, 0.4) is 0 Å². The van der Waals surface area contributed by atoms with Gasteiger partial charge in [-0.15, -0.1) is 0 Å². The molecule has 0 aliphatic carbocycles. The van der Waals surface area contributed by atoms with E-state index in [2.05, 4.69) is 5.32 Å². The molecule has 6 rings (SSSR count). The second-order valence-electron chi connectivity index (χ2n) is 9.77. The average Bonchev–Trinajstić information content (AvgIpc) is 2.92. The van der Waals surface area contributed by atoms with E-state index in [1.165, 1.54) is 35.0 Å². The fourth-order valence-corrected chi connectivity index (χ4v) is 5.21. The summed E-state index contributed by atoms with van der Waals surface area (Å²) in [6.07, 6.45) is 1.54. The van der Waals surface area contributed by atoms with Crippen molar-refractivity contribution in [3.8, 4) is 22.6 Å². The van der Waals surface area contributed by atoms with E-state index in [4.69, 9.17) is 4.74 Å². The zero-order chi connectivity index (χ0) is 27.3. The summed E-state index contributed by atoms with van der Waals surface area (Å²) in [5, 5.41) is 4.15. The molecule has 1 aromatic heterocycles. The lowest BCUT2D eigenvalue weighted by atomic mass is 9.95. The van der Waals surface area contributed by atoms with Crippen LogP contribution in [0, 0.1) is 25.5 Å². The van der Waals surface area contributed by atoms with Crippen molar-refractivity contribution in [2.75, 3.05) is 0 Å². The van der Waals surface area contributed by atoms with Crippen LogP contribution in [-0.4, -0.2) is 10.5 Å². The zero-order valence-corrected chi connectivity index (χ0v) is 21.3. The van der Waals surface area contributed by atoms with Crippen molar-refractivity contribution in [3.05, 3.63) is 129 Å². The summed E-state index contributed by atoms with van der Waals surface area (Å²) in [7, 11) is 0. The normalized spacial score (nSPS) is 14.9. The molecule has 4 bridgehead atoms. The highest BCUT2D eigenvalue weighted by Gasteiger charge is 2.28. The number of ether oxygens (including phenoxy) is 1. The minimum atomic E-state index is -1.37. The van der Waals surface area contributed by atoms with E-state index >= 15 is 8.78 Å². The van der Waals surface area contributed by atoms with E-state index in [0.29, 0.717) is 27.8 Å². The summed E-state index contributed by atoms with van der Waals surface area (Å²) < 4.78 is 38.1. The van der Waals surface area contributed by atoms with Crippen LogP contribution in [0.2, 0.25) is 0 Å². The molecule has 1 aliphatic rings. The quantitative estimate of drug-likeness (QED) is 0.271. The van der Waals surface area contributed by atoms with Gasteiger partial charge in [0.2, 0.25) is 5.91 Å². The van der Waals surface area contributed by atoms with Crippen LogP contribution in [0.4, 0.5) is 8.78 Å². The Kier molecular flexibility index (Phi) is 5.99. The molecule has 5 aromatic rings. The number of aromatic nitrogens is 1. The van der Waals surface area contributed by atoms with E-state index in [9.17, 15) is 9.59 Å². The van der Waals surface area contributed by atoms with Crippen LogP contribution < -0.4 is 15.6 Å². The number of hydrogen-bond donors (Lipinski definition) is 1. The molecule has 1 aliphatic heterocycles. The van der Waals surface area contributed by atoms with E-state index in [-0.39, 0.29) is 17.7 Å². The fourth-order valence-electron chi connectivity index (χ4n) is 5.21. The van der Waals surface area contributed by atoms with Crippen molar-refractivity contribution in [1.82, 2.24) is 9.88 Å². The number of pyridine rings is 1. The first-order valence-corrected chi connectivity index (χ1v) is 12.5. The summed E-state index contributed by atoms with van der Waals surface area (Å²) in [6.45, 7) is 3.44. The number of nitrogens with zero attached hydrogens (tertiary/aromatic N) is 1. The molecule has 0 saturated heterocycles. The number of rotatable bonds is 1. The Bertz CT molecular complexity index is 1840. The highest BCUT2D eigenvalue weighted by atomic mass is 19.1. The number of amides is 1. The molecule has 194 valence electrons. The van der Waals surface area contributed by atoms with Crippen LogP contribution in [0.5, 0.6) is 11.5 Å². The Morgan fingerprint density at radius 1 is 0.872 bits per heavy atom. The number of aryl methyl sites for hydroxylation is 2. The van der Waals surface area contributed by atoms with E-state index in [1.54, 1.807) is 31.2 Å². The van der Waals surface area contributed by atoms with Gasteiger partial charge in [-0.25, -0.2) is 8.78 Å². The highest BCUT2D eigenvalue weighted by molar-refractivity contribution is 5.86. The molecule has 1 N–H and O–H groups in total. The molecule has 1 amide bonds. The molecule has 7 heteroatoms. The Balaban J connectivity index is 1.60. The molecule has 0 spiro atoms. The fraction of sp³-hybridized carbons (Fsp3) is 0.125. The predicted octanol–water partition coefficient (Wildman–Crippen LogP) is 6.58. The van der Waals surface area contributed by atoms with Crippen molar-refractivity contribution in [2.24, 2.45) is 0 Å². The molecule has 0 radical (unpaired) electrons. The van der Waals surface area contributed by atoms with Crippen molar-refractivity contribution >= 4 is 16.7 Å². The summed E-state index contributed by atoms with van der Waals surface area (Å²) in [5.41, 5.74) is 2.56. The minimum Gasteiger partial charge on any atom is -0.457 e.